The van der Waals surface area contributed by atoms with Gasteiger partial charge in [0.25, 0.3) is 0 Å². The number of aromatic nitrogens is 4. The molecule has 0 aliphatic heterocycles. The van der Waals surface area contributed by atoms with E-state index in [-0.39, 0.29) is 18.3 Å². The van der Waals surface area contributed by atoms with Gasteiger partial charge >= 0.3 is 5.82 Å². The lowest BCUT2D eigenvalue weighted by Crippen LogP contribution is -2.25. The van der Waals surface area contributed by atoms with Crippen LogP contribution < -0.4 is 5.32 Å². The third-order valence-electron chi connectivity index (χ3n) is 4.34. The van der Waals surface area contributed by atoms with E-state index in [9.17, 15) is 14.9 Å². The molecule has 3 aromatic rings. The maximum atomic E-state index is 12.6. The van der Waals surface area contributed by atoms with Crippen LogP contribution in [-0.4, -0.2) is 30.4 Å². The van der Waals surface area contributed by atoms with E-state index in [1.54, 1.807) is 36.9 Å². The number of hydrogen-bond donors (Lipinski definition) is 1. The Morgan fingerprint density at radius 1 is 1.30 bits per heavy atom. The number of hydrogen-bond acceptors (Lipinski definition) is 5. The maximum absolute atomic E-state index is 12.6. The molecule has 158 valence electrons. The Hall–Kier alpha value is -2.43. The molecule has 3 rings (SSSR count). The standard InChI is InChI=1S/C18H17BrCl2N6O3/c1-10(7-26-11(2)5-16(23-26)27(29)30)18(28)22-17-13(19)9-25(24-17)8-12-3-4-14(20)15(21)6-12/h3-6,9-10H,7-8H2,1-2H3,(H,22,24,28). The first-order valence-corrected chi connectivity index (χ1v) is 10.4. The zero-order valence-electron chi connectivity index (χ0n) is 16.0. The van der Waals surface area contributed by atoms with Crippen LogP contribution in [0.5, 0.6) is 0 Å². The van der Waals surface area contributed by atoms with Gasteiger partial charge in [0.05, 0.1) is 50.4 Å². The third-order valence-corrected chi connectivity index (χ3v) is 5.66. The van der Waals surface area contributed by atoms with Crippen LogP contribution in [0.2, 0.25) is 10.0 Å². The number of nitrogens with zero attached hydrogens (tertiary/aromatic N) is 5. The topological polar surface area (TPSA) is 108 Å². The van der Waals surface area contributed by atoms with Crippen molar-refractivity contribution in [1.82, 2.24) is 19.6 Å². The summed E-state index contributed by atoms with van der Waals surface area (Å²) >= 11 is 15.4. The van der Waals surface area contributed by atoms with Crippen LogP contribution in [0, 0.1) is 23.0 Å². The van der Waals surface area contributed by atoms with E-state index in [2.05, 4.69) is 31.4 Å². The molecular weight excluding hydrogens is 499 g/mol. The molecule has 2 heterocycles. The lowest BCUT2D eigenvalue weighted by atomic mass is 10.1. The molecule has 1 aromatic carbocycles. The lowest BCUT2D eigenvalue weighted by molar-refractivity contribution is -0.389. The highest BCUT2D eigenvalue weighted by Crippen LogP contribution is 2.25. The number of benzene rings is 1. The van der Waals surface area contributed by atoms with Gasteiger partial charge in [-0.05, 0) is 45.5 Å². The van der Waals surface area contributed by atoms with E-state index in [0.29, 0.717) is 32.6 Å². The summed E-state index contributed by atoms with van der Waals surface area (Å²) in [6, 6.07) is 6.68. The van der Waals surface area contributed by atoms with Gasteiger partial charge in [-0.3, -0.25) is 9.48 Å². The van der Waals surface area contributed by atoms with Gasteiger partial charge in [0.2, 0.25) is 5.91 Å². The first-order chi connectivity index (χ1) is 14.1. The minimum atomic E-state index is -0.564. The summed E-state index contributed by atoms with van der Waals surface area (Å²) in [6.07, 6.45) is 1.74. The fraction of sp³-hybridized carbons (Fsp3) is 0.278. The van der Waals surface area contributed by atoms with Crippen LogP contribution in [0.15, 0.2) is 34.9 Å². The van der Waals surface area contributed by atoms with E-state index in [1.807, 2.05) is 6.07 Å². The Kier molecular flexibility index (Phi) is 6.79. The summed E-state index contributed by atoms with van der Waals surface area (Å²) in [5, 5.41) is 22.8. The van der Waals surface area contributed by atoms with Crippen LogP contribution in [-0.2, 0) is 17.9 Å². The van der Waals surface area contributed by atoms with Crippen molar-refractivity contribution >= 4 is 56.7 Å². The fourth-order valence-electron chi connectivity index (χ4n) is 2.74. The largest absolute Gasteiger partial charge is 0.390 e. The molecule has 0 aliphatic rings. The van der Waals surface area contributed by atoms with Crippen LogP contribution in [0.4, 0.5) is 11.6 Å². The molecule has 0 saturated carbocycles. The molecule has 0 aliphatic carbocycles. The quantitative estimate of drug-likeness (QED) is 0.362. The van der Waals surface area contributed by atoms with Crippen molar-refractivity contribution in [2.24, 2.45) is 5.92 Å². The fourth-order valence-corrected chi connectivity index (χ4v) is 3.47. The SMILES string of the molecule is Cc1cc([N+](=O)[O-])nn1CC(C)C(=O)Nc1nn(Cc2ccc(Cl)c(Cl)c2)cc1Br. The lowest BCUT2D eigenvalue weighted by Gasteiger charge is -2.10. The number of aryl methyl sites for hydroxylation is 1. The summed E-state index contributed by atoms with van der Waals surface area (Å²) in [7, 11) is 0. The van der Waals surface area contributed by atoms with Crippen molar-refractivity contribution in [2.45, 2.75) is 26.9 Å². The minimum absolute atomic E-state index is 0.201. The number of carbonyl (C=O) groups excluding carboxylic acids is 1. The van der Waals surface area contributed by atoms with Gasteiger partial charge in [0.15, 0.2) is 5.82 Å². The molecule has 1 N–H and O–H groups in total. The second-order valence-corrected chi connectivity index (χ2v) is 8.41. The molecule has 1 atom stereocenters. The monoisotopic (exact) mass is 514 g/mol. The van der Waals surface area contributed by atoms with Crippen molar-refractivity contribution in [1.29, 1.82) is 0 Å². The molecular formula is C18H17BrCl2N6O3. The molecule has 2 aromatic heterocycles. The molecule has 0 saturated heterocycles. The minimum Gasteiger partial charge on any atom is -0.358 e. The van der Waals surface area contributed by atoms with Gasteiger partial charge in [0.1, 0.15) is 0 Å². The highest BCUT2D eigenvalue weighted by atomic mass is 79.9. The second kappa shape index (κ2) is 9.15. The van der Waals surface area contributed by atoms with Gasteiger partial charge in [-0.2, -0.15) is 9.78 Å². The van der Waals surface area contributed by atoms with E-state index in [1.165, 1.54) is 10.7 Å². The molecule has 0 spiro atoms. The summed E-state index contributed by atoms with van der Waals surface area (Å²) in [4.78, 5) is 22.9. The Morgan fingerprint density at radius 2 is 2.03 bits per heavy atom. The van der Waals surface area contributed by atoms with Crippen molar-refractivity contribution < 1.29 is 9.72 Å². The predicted molar refractivity (Wildman–Crippen MR) is 117 cm³/mol. The molecule has 1 amide bonds. The summed E-state index contributed by atoms with van der Waals surface area (Å²) in [5.74, 6) is -0.651. The number of carbonyl (C=O) groups is 1. The first-order valence-electron chi connectivity index (χ1n) is 8.80. The Bertz CT molecular complexity index is 1110. The van der Waals surface area contributed by atoms with E-state index in [0.717, 1.165) is 5.56 Å². The number of nitro groups is 1. The zero-order valence-corrected chi connectivity index (χ0v) is 19.1. The number of rotatable bonds is 7. The maximum Gasteiger partial charge on any atom is 0.390 e. The van der Waals surface area contributed by atoms with Gasteiger partial charge in [-0.1, -0.05) is 36.2 Å². The number of amides is 1. The van der Waals surface area contributed by atoms with Gasteiger partial charge in [-0.15, -0.1) is 0 Å². The van der Waals surface area contributed by atoms with E-state index < -0.39 is 10.8 Å². The highest BCUT2D eigenvalue weighted by molar-refractivity contribution is 9.10. The molecule has 12 heteroatoms. The van der Waals surface area contributed by atoms with Crippen LogP contribution in [0.1, 0.15) is 18.2 Å². The van der Waals surface area contributed by atoms with Crippen molar-refractivity contribution in [3.63, 3.8) is 0 Å². The number of halogens is 3. The molecule has 30 heavy (non-hydrogen) atoms. The van der Waals surface area contributed by atoms with Crippen LogP contribution >= 0.6 is 39.1 Å². The van der Waals surface area contributed by atoms with E-state index >= 15 is 0 Å². The average Bonchev–Trinajstić information content (AvgIpc) is 3.20. The molecule has 9 nitrogen and oxygen atoms in total. The molecule has 0 fully saturated rings. The highest BCUT2D eigenvalue weighted by Gasteiger charge is 2.22. The molecule has 0 bridgehead atoms. The number of anilines is 1. The van der Waals surface area contributed by atoms with Crippen LogP contribution in [0.3, 0.4) is 0 Å². The van der Waals surface area contributed by atoms with Gasteiger partial charge in [0, 0.05) is 6.20 Å². The second-order valence-electron chi connectivity index (χ2n) is 6.75. The molecule has 1 unspecified atom stereocenters. The average molecular weight is 516 g/mol. The first kappa shape index (κ1) is 22.3. The van der Waals surface area contributed by atoms with E-state index in [4.69, 9.17) is 23.2 Å². The summed E-state index contributed by atoms with van der Waals surface area (Å²) in [5.41, 5.74) is 1.51. The van der Waals surface area contributed by atoms with Gasteiger partial charge in [-0.25, -0.2) is 0 Å². The van der Waals surface area contributed by atoms with Crippen LogP contribution in [0.25, 0.3) is 0 Å². The van der Waals surface area contributed by atoms with Gasteiger partial charge < -0.3 is 15.4 Å². The normalized spacial score (nSPS) is 12.0. The Balaban J connectivity index is 1.66. The Morgan fingerprint density at radius 3 is 2.67 bits per heavy atom. The smallest absolute Gasteiger partial charge is 0.358 e. The van der Waals surface area contributed by atoms with Crippen molar-refractivity contribution in [3.05, 3.63) is 66.4 Å². The summed E-state index contributed by atoms with van der Waals surface area (Å²) in [6.45, 7) is 4.05. The summed E-state index contributed by atoms with van der Waals surface area (Å²) < 4.78 is 3.72. The molecule has 0 radical (unpaired) electrons. The number of nitrogens with one attached hydrogen (secondary N) is 1. The predicted octanol–water partition coefficient (Wildman–Crippen LogP) is 4.69. The Labute approximate surface area is 190 Å². The third kappa shape index (κ3) is 5.18. The van der Waals surface area contributed by atoms with Crippen molar-refractivity contribution in [3.8, 4) is 0 Å². The van der Waals surface area contributed by atoms with Crippen molar-refractivity contribution in [2.75, 3.05) is 5.32 Å². The zero-order chi connectivity index (χ0) is 22.0.